The van der Waals surface area contributed by atoms with Gasteiger partial charge in [-0.05, 0) is 19.3 Å². The Bertz CT molecular complexity index is 312. The Kier molecular flexibility index (Phi) is 13.0. The fraction of sp³-hybridized carbons (Fsp3) is 0.800. The van der Waals surface area contributed by atoms with Crippen LogP contribution in [0.2, 0.25) is 0 Å². The lowest BCUT2D eigenvalue weighted by Gasteiger charge is -2.13. The minimum Gasteiger partial charge on any atom is -0.477 e. The van der Waals surface area contributed by atoms with Crippen LogP contribution in [0.4, 0.5) is 22.0 Å². The highest BCUT2D eigenvalue weighted by atomic mass is 19.4. The summed E-state index contributed by atoms with van der Waals surface area (Å²) in [4.78, 5) is 9.20. The van der Waals surface area contributed by atoms with Crippen molar-refractivity contribution in [2.24, 2.45) is 0 Å². The number of halogens is 5. The van der Waals surface area contributed by atoms with E-state index in [4.69, 9.17) is 5.11 Å². The highest BCUT2D eigenvalue weighted by Crippen LogP contribution is 2.35. The van der Waals surface area contributed by atoms with Gasteiger partial charge in [-0.3, -0.25) is 0 Å². The van der Waals surface area contributed by atoms with Gasteiger partial charge in [0.1, 0.15) is 0 Å². The molecule has 0 aliphatic carbocycles. The molecule has 2 nitrogen and oxygen atoms in total. The molecule has 0 saturated heterocycles. The first-order valence-corrected chi connectivity index (χ1v) is 7.44. The molecule has 0 radical (unpaired) electrons. The van der Waals surface area contributed by atoms with Gasteiger partial charge in [0, 0.05) is 0 Å². The highest BCUT2D eigenvalue weighted by Gasteiger charge is 2.64. The largest absolute Gasteiger partial charge is 0.477 e. The summed E-state index contributed by atoms with van der Waals surface area (Å²) in [5.41, 5.74) is 0. The number of carboxylic acids is 1. The van der Waals surface area contributed by atoms with Crippen LogP contribution >= 0.6 is 0 Å². The molecular formula is C15H25F5O2. The van der Waals surface area contributed by atoms with E-state index in [1.807, 2.05) is 0 Å². The van der Waals surface area contributed by atoms with E-state index in [1.54, 1.807) is 0 Å². The summed E-state index contributed by atoms with van der Waals surface area (Å²) in [5, 5.41) is 7.31. The van der Waals surface area contributed by atoms with Gasteiger partial charge in [0.05, 0.1) is 0 Å². The average Bonchev–Trinajstić information content (AvgIpc) is 2.41. The molecule has 0 atom stereocenters. The normalized spacial score (nSPS) is 12.1. The van der Waals surface area contributed by atoms with Crippen molar-refractivity contribution in [1.29, 1.82) is 0 Å². The van der Waals surface area contributed by atoms with Gasteiger partial charge < -0.3 is 5.11 Å². The predicted octanol–water partition coefficient (Wildman–Crippen LogP) is 5.97. The molecule has 0 fully saturated rings. The fourth-order valence-corrected chi connectivity index (χ4v) is 1.37. The summed E-state index contributed by atoms with van der Waals surface area (Å²) >= 11 is 0. The molecule has 0 bridgehead atoms. The molecule has 0 rings (SSSR count). The maximum absolute atomic E-state index is 11.3. The van der Waals surface area contributed by atoms with Crippen molar-refractivity contribution in [3.05, 3.63) is 12.2 Å². The lowest BCUT2D eigenvalue weighted by atomic mass is 10.1. The Morgan fingerprint density at radius 2 is 1.32 bits per heavy atom. The zero-order valence-electron chi connectivity index (χ0n) is 13.1. The topological polar surface area (TPSA) is 37.3 Å². The number of hydrogen-bond donors (Lipinski definition) is 1. The molecule has 0 amide bonds. The van der Waals surface area contributed by atoms with E-state index in [0.29, 0.717) is 0 Å². The van der Waals surface area contributed by atoms with Gasteiger partial charge in [-0.1, -0.05) is 58.1 Å². The number of alkyl halides is 5. The van der Waals surface area contributed by atoms with E-state index in [2.05, 4.69) is 26.0 Å². The van der Waals surface area contributed by atoms with Crippen LogP contribution in [0.3, 0.4) is 0 Å². The molecule has 0 saturated carbocycles. The fourth-order valence-electron chi connectivity index (χ4n) is 1.37. The first-order valence-electron chi connectivity index (χ1n) is 7.44. The number of hydrogen-bond acceptors (Lipinski definition) is 1. The number of rotatable bonds is 9. The third kappa shape index (κ3) is 11.5. The van der Waals surface area contributed by atoms with E-state index in [0.717, 1.165) is 0 Å². The van der Waals surface area contributed by atoms with Crippen LogP contribution in [0.5, 0.6) is 0 Å². The first kappa shape index (κ1) is 23.1. The lowest BCUT2D eigenvalue weighted by Crippen LogP contribution is -2.43. The molecule has 22 heavy (non-hydrogen) atoms. The van der Waals surface area contributed by atoms with Crippen LogP contribution in [-0.2, 0) is 4.79 Å². The minimum atomic E-state index is -6.02. The smallest absolute Gasteiger partial charge is 0.465 e. The summed E-state index contributed by atoms with van der Waals surface area (Å²) in [6.07, 6.45) is 9.48. The molecule has 0 aliphatic heterocycles. The van der Waals surface area contributed by atoms with Crippen LogP contribution in [0, 0.1) is 0 Å². The quantitative estimate of drug-likeness (QED) is 0.321. The number of allylic oxidation sites excluding steroid dienone is 2. The maximum Gasteiger partial charge on any atom is 0.465 e. The van der Waals surface area contributed by atoms with Gasteiger partial charge in [0.15, 0.2) is 0 Å². The van der Waals surface area contributed by atoms with E-state index >= 15 is 0 Å². The van der Waals surface area contributed by atoms with Gasteiger partial charge in [0.2, 0.25) is 0 Å². The summed E-state index contributed by atoms with van der Waals surface area (Å²) < 4.78 is 55.5. The molecule has 7 heteroatoms. The van der Waals surface area contributed by atoms with Crippen LogP contribution in [-0.4, -0.2) is 23.2 Å². The minimum absolute atomic E-state index is 1.28. The second-order valence-electron chi connectivity index (χ2n) is 4.84. The Labute approximate surface area is 128 Å². The standard InChI is InChI=1S/C12H24.C3HF5O2/c1-3-5-7-9-11-12-10-8-6-4-2;4-2(5,1(9)10)3(6,7)8/h9,11H,3-8,10,12H2,1-2H3;(H,9,10)/b11-9+;. The first-order chi connectivity index (χ1) is 10.1. The van der Waals surface area contributed by atoms with Crippen molar-refractivity contribution in [2.45, 2.75) is 77.3 Å². The second kappa shape index (κ2) is 12.4. The molecule has 132 valence electrons. The number of carboxylic acid groups (broad SMARTS) is 1. The third-order valence-electron chi connectivity index (χ3n) is 2.74. The van der Waals surface area contributed by atoms with E-state index in [9.17, 15) is 26.7 Å². The number of aliphatic carboxylic acids is 1. The van der Waals surface area contributed by atoms with E-state index < -0.39 is 18.1 Å². The van der Waals surface area contributed by atoms with Crippen LogP contribution in [0.15, 0.2) is 12.2 Å². The molecule has 0 heterocycles. The van der Waals surface area contributed by atoms with Crippen molar-refractivity contribution in [3.8, 4) is 0 Å². The van der Waals surface area contributed by atoms with Gasteiger partial charge in [-0.15, -0.1) is 0 Å². The SMILES string of the molecule is CCCC/C=C/CCCCCC.O=C(O)C(F)(F)C(F)(F)F. The van der Waals surface area contributed by atoms with E-state index in [-0.39, 0.29) is 0 Å². The molecular weight excluding hydrogens is 307 g/mol. The van der Waals surface area contributed by atoms with Gasteiger partial charge >= 0.3 is 18.1 Å². The van der Waals surface area contributed by atoms with Crippen molar-refractivity contribution >= 4 is 5.97 Å². The third-order valence-corrected chi connectivity index (χ3v) is 2.74. The van der Waals surface area contributed by atoms with Crippen LogP contribution in [0.1, 0.15) is 65.2 Å². The lowest BCUT2D eigenvalue weighted by molar-refractivity contribution is -0.277. The van der Waals surface area contributed by atoms with Crippen LogP contribution < -0.4 is 0 Å². The Balaban J connectivity index is 0. The number of unbranched alkanes of at least 4 members (excludes halogenated alkanes) is 6. The molecule has 0 aromatic heterocycles. The molecule has 0 aromatic rings. The zero-order valence-corrected chi connectivity index (χ0v) is 13.1. The second-order valence-corrected chi connectivity index (χ2v) is 4.84. The summed E-state index contributed by atoms with van der Waals surface area (Å²) in [7, 11) is 0. The van der Waals surface area contributed by atoms with Crippen molar-refractivity contribution in [3.63, 3.8) is 0 Å². The zero-order chi connectivity index (χ0) is 17.6. The molecule has 0 aromatic carbocycles. The van der Waals surface area contributed by atoms with Gasteiger partial charge in [-0.25, -0.2) is 4.79 Å². The number of carbonyl (C=O) groups is 1. The predicted molar refractivity (Wildman–Crippen MR) is 76.1 cm³/mol. The summed E-state index contributed by atoms with van der Waals surface area (Å²) in [6, 6.07) is 0. The Hall–Kier alpha value is -1.14. The summed E-state index contributed by atoms with van der Waals surface area (Å²) in [5.74, 6) is -8.84. The van der Waals surface area contributed by atoms with Crippen molar-refractivity contribution in [2.75, 3.05) is 0 Å². The molecule has 0 aliphatic rings. The van der Waals surface area contributed by atoms with Crippen LogP contribution in [0.25, 0.3) is 0 Å². The monoisotopic (exact) mass is 332 g/mol. The highest BCUT2D eigenvalue weighted by molar-refractivity contribution is 5.76. The Morgan fingerprint density at radius 1 is 0.864 bits per heavy atom. The Morgan fingerprint density at radius 3 is 1.64 bits per heavy atom. The van der Waals surface area contributed by atoms with Gasteiger partial charge in [0.25, 0.3) is 0 Å². The maximum atomic E-state index is 11.3. The summed E-state index contributed by atoms with van der Waals surface area (Å²) in [6.45, 7) is 4.51. The van der Waals surface area contributed by atoms with E-state index in [1.165, 1.54) is 51.4 Å². The van der Waals surface area contributed by atoms with Crippen molar-refractivity contribution < 1.29 is 31.9 Å². The molecule has 0 unspecified atom stereocenters. The average molecular weight is 332 g/mol. The van der Waals surface area contributed by atoms with Gasteiger partial charge in [-0.2, -0.15) is 22.0 Å². The molecule has 0 spiro atoms. The van der Waals surface area contributed by atoms with Crippen molar-refractivity contribution in [1.82, 2.24) is 0 Å². The molecule has 1 N–H and O–H groups in total.